The second-order valence-electron chi connectivity index (χ2n) is 4.88. The summed E-state index contributed by atoms with van der Waals surface area (Å²) in [6, 6.07) is -0.134. The fourth-order valence-electron chi connectivity index (χ4n) is 2.22. The van der Waals surface area contributed by atoms with Crippen molar-refractivity contribution in [2.45, 2.75) is 45.2 Å². The summed E-state index contributed by atoms with van der Waals surface area (Å²) in [5, 5.41) is 1.84. The molecule has 5 nitrogen and oxygen atoms in total. The van der Waals surface area contributed by atoms with Gasteiger partial charge in [-0.2, -0.15) is 0 Å². The lowest BCUT2D eigenvalue weighted by Gasteiger charge is -2.23. The van der Waals surface area contributed by atoms with Gasteiger partial charge in [0, 0.05) is 24.0 Å². The molecular weight excluding hydrogens is 294 g/mol. The first-order valence-corrected chi connectivity index (χ1v) is 9.23. The first kappa shape index (κ1) is 17.6. The highest BCUT2D eigenvalue weighted by Gasteiger charge is 2.24. The summed E-state index contributed by atoms with van der Waals surface area (Å²) in [5.74, 6) is 0. The maximum atomic E-state index is 12.5. The Morgan fingerprint density at radius 3 is 2.50 bits per heavy atom. The van der Waals surface area contributed by atoms with Crippen LogP contribution < -0.4 is 10.5 Å². The molecular formula is C13H25N3O2S2. The van der Waals surface area contributed by atoms with Crippen LogP contribution >= 0.6 is 11.3 Å². The lowest BCUT2D eigenvalue weighted by Crippen LogP contribution is -2.42. The van der Waals surface area contributed by atoms with Gasteiger partial charge in [-0.25, -0.2) is 13.1 Å². The van der Waals surface area contributed by atoms with E-state index < -0.39 is 10.0 Å². The predicted octanol–water partition coefficient (Wildman–Crippen LogP) is 1.52. The highest BCUT2D eigenvalue weighted by atomic mass is 32.2. The molecule has 0 aromatic carbocycles. The van der Waals surface area contributed by atoms with Crippen LogP contribution in [0.4, 0.5) is 0 Å². The molecule has 1 atom stereocenters. The number of hydrogen-bond donors (Lipinski definition) is 2. The van der Waals surface area contributed by atoms with Crippen molar-refractivity contribution in [1.29, 1.82) is 0 Å². The first-order valence-electron chi connectivity index (χ1n) is 6.87. The van der Waals surface area contributed by atoms with Gasteiger partial charge < -0.3 is 10.6 Å². The molecule has 0 amide bonds. The maximum Gasteiger partial charge on any atom is 0.242 e. The predicted molar refractivity (Wildman–Crippen MR) is 84.5 cm³/mol. The van der Waals surface area contributed by atoms with Gasteiger partial charge in [-0.1, -0.05) is 13.8 Å². The van der Waals surface area contributed by atoms with E-state index in [0.29, 0.717) is 16.3 Å². The lowest BCUT2D eigenvalue weighted by atomic mass is 10.3. The van der Waals surface area contributed by atoms with Gasteiger partial charge in [0.15, 0.2) is 0 Å². The minimum Gasteiger partial charge on any atom is -0.326 e. The lowest BCUT2D eigenvalue weighted by molar-refractivity contribution is 0.282. The number of nitrogens with two attached hydrogens (primary N) is 1. The summed E-state index contributed by atoms with van der Waals surface area (Å²) >= 11 is 1.40. The smallest absolute Gasteiger partial charge is 0.242 e. The molecule has 7 heteroatoms. The monoisotopic (exact) mass is 319 g/mol. The molecule has 1 aromatic heterocycles. The molecule has 0 fully saturated rings. The number of rotatable bonds is 8. The van der Waals surface area contributed by atoms with Crippen molar-refractivity contribution < 1.29 is 8.42 Å². The Balaban J connectivity index is 2.87. The van der Waals surface area contributed by atoms with Crippen LogP contribution in [0.1, 0.15) is 31.2 Å². The molecule has 0 radical (unpaired) electrons. The number of hydrogen-bond acceptors (Lipinski definition) is 5. The summed E-state index contributed by atoms with van der Waals surface area (Å²) in [6.07, 6.45) is 0. The van der Waals surface area contributed by atoms with Crippen LogP contribution in [0.3, 0.4) is 0 Å². The van der Waals surface area contributed by atoms with Crippen molar-refractivity contribution in [2.24, 2.45) is 5.73 Å². The average Bonchev–Trinajstić information content (AvgIpc) is 2.77. The quantitative estimate of drug-likeness (QED) is 0.762. The summed E-state index contributed by atoms with van der Waals surface area (Å²) in [6.45, 7) is 10.6. The van der Waals surface area contributed by atoms with Gasteiger partial charge in [0.25, 0.3) is 0 Å². The Labute approximate surface area is 126 Å². The van der Waals surface area contributed by atoms with Crippen molar-refractivity contribution in [1.82, 2.24) is 9.62 Å². The fourth-order valence-corrected chi connectivity index (χ4v) is 5.16. The van der Waals surface area contributed by atoms with Gasteiger partial charge >= 0.3 is 0 Å². The van der Waals surface area contributed by atoms with E-state index in [1.165, 1.54) is 11.3 Å². The van der Waals surface area contributed by atoms with Gasteiger partial charge in [-0.15, -0.1) is 11.3 Å². The zero-order chi connectivity index (χ0) is 15.3. The number of thiophene rings is 1. The topological polar surface area (TPSA) is 75.4 Å². The van der Waals surface area contributed by atoms with Crippen LogP contribution in [0.25, 0.3) is 0 Å². The van der Waals surface area contributed by atoms with Crippen LogP contribution in [0.2, 0.25) is 0 Å². The Bertz CT molecular complexity index is 522. The van der Waals surface area contributed by atoms with Crippen LogP contribution in [0, 0.1) is 6.92 Å². The zero-order valence-corrected chi connectivity index (χ0v) is 14.3. The van der Waals surface area contributed by atoms with Crippen LogP contribution in [-0.2, 0) is 16.6 Å². The number of nitrogens with zero attached hydrogens (tertiary/aromatic N) is 1. The largest absolute Gasteiger partial charge is 0.326 e. The molecule has 3 N–H and O–H groups in total. The van der Waals surface area contributed by atoms with E-state index in [1.54, 1.807) is 6.92 Å². The van der Waals surface area contributed by atoms with Crippen LogP contribution in [0.15, 0.2) is 10.3 Å². The number of sulfonamides is 1. The molecule has 0 spiro atoms. The third-order valence-electron chi connectivity index (χ3n) is 3.23. The highest BCUT2D eigenvalue weighted by molar-refractivity contribution is 7.89. The summed E-state index contributed by atoms with van der Waals surface area (Å²) in [5.41, 5.74) is 6.39. The average molecular weight is 319 g/mol. The van der Waals surface area contributed by atoms with E-state index in [1.807, 2.05) is 12.3 Å². The van der Waals surface area contributed by atoms with E-state index in [4.69, 9.17) is 5.73 Å². The summed E-state index contributed by atoms with van der Waals surface area (Å²) < 4.78 is 27.7. The van der Waals surface area contributed by atoms with Crippen molar-refractivity contribution in [3.05, 3.63) is 15.8 Å². The molecule has 0 saturated carbocycles. The van der Waals surface area contributed by atoms with E-state index in [0.717, 1.165) is 18.7 Å². The SMILES string of the molecule is CCN(CC)CC(C)NS(=O)(=O)c1c(C)csc1CN. The number of nitrogens with one attached hydrogen (secondary N) is 1. The Kier molecular flexibility index (Phi) is 6.60. The molecule has 1 rings (SSSR count). The normalized spacial score (nSPS) is 13.9. The molecule has 1 heterocycles. The Hall–Kier alpha value is -0.470. The molecule has 0 aliphatic carbocycles. The second-order valence-corrected chi connectivity index (χ2v) is 7.50. The third kappa shape index (κ3) is 4.26. The molecule has 0 aliphatic heterocycles. The van der Waals surface area contributed by atoms with Crippen molar-refractivity contribution >= 4 is 21.4 Å². The van der Waals surface area contributed by atoms with Gasteiger partial charge in [-0.05, 0) is 37.9 Å². The molecule has 1 unspecified atom stereocenters. The molecule has 0 bridgehead atoms. The molecule has 1 aromatic rings. The van der Waals surface area contributed by atoms with E-state index >= 15 is 0 Å². The third-order valence-corrected chi connectivity index (χ3v) is 6.30. The molecule has 0 saturated heterocycles. The molecule has 20 heavy (non-hydrogen) atoms. The number of aryl methyl sites for hydroxylation is 1. The van der Waals surface area contributed by atoms with E-state index in [9.17, 15) is 8.42 Å². The summed E-state index contributed by atoms with van der Waals surface area (Å²) in [7, 11) is -3.50. The maximum absolute atomic E-state index is 12.5. The van der Waals surface area contributed by atoms with Crippen molar-refractivity contribution in [2.75, 3.05) is 19.6 Å². The first-order chi connectivity index (χ1) is 9.35. The minimum absolute atomic E-state index is 0.134. The highest BCUT2D eigenvalue weighted by Crippen LogP contribution is 2.26. The minimum atomic E-state index is -3.50. The van der Waals surface area contributed by atoms with Gasteiger partial charge in [0.1, 0.15) is 4.90 Å². The van der Waals surface area contributed by atoms with Gasteiger partial charge in [0.2, 0.25) is 10.0 Å². The second kappa shape index (κ2) is 7.51. The van der Waals surface area contributed by atoms with Crippen molar-refractivity contribution in [3.63, 3.8) is 0 Å². The van der Waals surface area contributed by atoms with E-state index in [-0.39, 0.29) is 12.6 Å². The Morgan fingerprint density at radius 2 is 2.00 bits per heavy atom. The zero-order valence-electron chi connectivity index (χ0n) is 12.6. The Morgan fingerprint density at radius 1 is 1.40 bits per heavy atom. The van der Waals surface area contributed by atoms with Crippen molar-refractivity contribution in [3.8, 4) is 0 Å². The summed E-state index contributed by atoms with van der Waals surface area (Å²) in [4.78, 5) is 3.26. The standard InChI is InChI=1S/C13H25N3O2S2/c1-5-16(6-2)8-11(4)15-20(17,18)13-10(3)9-19-12(13)7-14/h9,11,15H,5-8,14H2,1-4H3. The fraction of sp³-hybridized carbons (Fsp3) is 0.692. The number of likely N-dealkylation sites (N-methyl/N-ethyl adjacent to an activating group) is 1. The molecule has 116 valence electrons. The van der Waals surface area contributed by atoms with E-state index in [2.05, 4.69) is 23.5 Å². The van der Waals surface area contributed by atoms with Gasteiger partial charge in [-0.3, -0.25) is 0 Å². The molecule has 0 aliphatic rings. The van der Waals surface area contributed by atoms with Crippen LogP contribution in [0.5, 0.6) is 0 Å². The van der Waals surface area contributed by atoms with Gasteiger partial charge in [0.05, 0.1) is 0 Å². The van der Waals surface area contributed by atoms with Crippen LogP contribution in [-0.4, -0.2) is 39.0 Å².